The molecule has 2 heteroatoms. The summed E-state index contributed by atoms with van der Waals surface area (Å²) in [5.74, 6) is 0.439. The van der Waals surface area contributed by atoms with E-state index in [4.69, 9.17) is 5.73 Å². The van der Waals surface area contributed by atoms with Gasteiger partial charge in [0, 0.05) is 11.5 Å². The number of hydrogen-bond donors (Lipinski definition) is 1. The quantitative estimate of drug-likeness (QED) is 0.850. The van der Waals surface area contributed by atoms with Gasteiger partial charge >= 0.3 is 0 Å². The van der Waals surface area contributed by atoms with Gasteiger partial charge in [0.1, 0.15) is 5.82 Å². The molecule has 1 unspecified atom stereocenters. The Bertz CT molecular complexity index is 363. The highest BCUT2D eigenvalue weighted by Crippen LogP contribution is 2.36. The van der Waals surface area contributed by atoms with Gasteiger partial charge in [-0.1, -0.05) is 38.8 Å². The van der Waals surface area contributed by atoms with Crippen molar-refractivity contribution >= 4 is 0 Å². The van der Waals surface area contributed by atoms with Gasteiger partial charge in [-0.25, -0.2) is 4.39 Å². The highest BCUT2D eigenvalue weighted by molar-refractivity contribution is 5.26. The number of rotatable bonds is 3. The van der Waals surface area contributed by atoms with Crippen molar-refractivity contribution in [1.82, 2.24) is 0 Å². The van der Waals surface area contributed by atoms with Crippen LogP contribution >= 0.6 is 0 Å². The standard InChI is InChI=1S/C15H22FN/c1-15(2,12-7-9-13(16)10-8-12)14(17)11-5-3-4-6-11/h7-11,14H,3-6,17H2,1-2H3. The summed E-state index contributed by atoms with van der Waals surface area (Å²) in [6, 6.07) is 6.95. The van der Waals surface area contributed by atoms with Crippen LogP contribution in [0.25, 0.3) is 0 Å². The highest BCUT2D eigenvalue weighted by Gasteiger charge is 2.35. The third kappa shape index (κ3) is 2.52. The van der Waals surface area contributed by atoms with E-state index < -0.39 is 0 Å². The molecule has 1 fully saturated rings. The van der Waals surface area contributed by atoms with Gasteiger partial charge in [0.05, 0.1) is 0 Å². The Labute approximate surface area is 103 Å². The molecule has 17 heavy (non-hydrogen) atoms. The molecule has 0 aliphatic heterocycles. The maximum atomic E-state index is 12.9. The first kappa shape index (κ1) is 12.6. The fourth-order valence-electron chi connectivity index (χ4n) is 2.98. The summed E-state index contributed by atoms with van der Waals surface area (Å²) in [6.07, 6.45) is 5.09. The second-order valence-electron chi connectivity index (χ2n) is 5.80. The normalized spacial score (nSPS) is 19.5. The van der Waals surface area contributed by atoms with Crippen LogP contribution in [0.4, 0.5) is 4.39 Å². The lowest BCUT2D eigenvalue weighted by atomic mass is 9.72. The van der Waals surface area contributed by atoms with Gasteiger partial charge in [0.15, 0.2) is 0 Å². The lowest BCUT2D eigenvalue weighted by Crippen LogP contribution is -2.45. The first-order valence-electron chi connectivity index (χ1n) is 6.53. The smallest absolute Gasteiger partial charge is 0.123 e. The van der Waals surface area contributed by atoms with Gasteiger partial charge < -0.3 is 5.73 Å². The van der Waals surface area contributed by atoms with Crippen LogP contribution < -0.4 is 5.73 Å². The molecule has 0 bridgehead atoms. The van der Waals surface area contributed by atoms with E-state index in [1.807, 2.05) is 12.1 Å². The van der Waals surface area contributed by atoms with Crippen molar-refractivity contribution in [2.45, 2.75) is 51.0 Å². The van der Waals surface area contributed by atoms with Gasteiger partial charge in [-0.15, -0.1) is 0 Å². The van der Waals surface area contributed by atoms with Crippen LogP contribution in [-0.4, -0.2) is 6.04 Å². The van der Waals surface area contributed by atoms with Crippen LogP contribution in [-0.2, 0) is 5.41 Å². The molecule has 94 valence electrons. The molecular formula is C15H22FN. The van der Waals surface area contributed by atoms with Crippen molar-refractivity contribution in [2.24, 2.45) is 11.7 Å². The second-order valence-corrected chi connectivity index (χ2v) is 5.80. The summed E-state index contributed by atoms with van der Waals surface area (Å²) < 4.78 is 12.9. The summed E-state index contributed by atoms with van der Waals surface area (Å²) in [5.41, 5.74) is 7.49. The Morgan fingerprint density at radius 3 is 2.24 bits per heavy atom. The van der Waals surface area contributed by atoms with Crippen molar-refractivity contribution in [2.75, 3.05) is 0 Å². The molecule has 0 saturated heterocycles. The Hall–Kier alpha value is -0.890. The molecule has 0 heterocycles. The molecule has 2 rings (SSSR count). The largest absolute Gasteiger partial charge is 0.327 e. The third-order valence-electron chi connectivity index (χ3n) is 4.33. The molecule has 1 aromatic rings. The topological polar surface area (TPSA) is 26.0 Å². The molecule has 1 aromatic carbocycles. The van der Waals surface area contributed by atoms with E-state index in [1.54, 1.807) is 0 Å². The first-order valence-corrected chi connectivity index (χ1v) is 6.53. The maximum absolute atomic E-state index is 12.9. The summed E-state index contributed by atoms with van der Waals surface area (Å²) in [7, 11) is 0. The number of halogens is 1. The van der Waals surface area contributed by atoms with Crippen LogP contribution in [0.5, 0.6) is 0 Å². The van der Waals surface area contributed by atoms with Crippen molar-refractivity contribution in [3.8, 4) is 0 Å². The van der Waals surface area contributed by atoms with Gasteiger partial charge in [0.2, 0.25) is 0 Å². The van der Waals surface area contributed by atoms with E-state index >= 15 is 0 Å². The fraction of sp³-hybridized carbons (Fsp3) is 0.600. The van der Waals surface area contributed by atoms with Crippen LogP contribution in [0.3, 0.4) is 0 Å². The van der Waals surface area contributed by atoms with E-state index in [1.165, 1.54) is 37.8 Å². The molecule has 0 radical (unpaired) electrons. The predicted molar refractivity (Wildman–Crippen MR) is 69.4 cm³/mol. The van der Waals surface area contributed by atoms with Crippen molar-refractivity contribution in [3.63, 3.8) is 0 Å². The van der Waals surface area contributed by atoms with Crippen molar-refractivity contribution < 1.29 is 4.39 Å². The minimum Gasteiger partial charge on any atom is -0.327 e. The lowest BCUT2D eigenvalue weighted by molar-refractivity contribution is 0.300. The molecule has 1 aliphatic rings. The molecule has 1 atom stereocenters. The zero-order valence-corrected chi connectivity index (χ0v) is 10.7. The van der Waals surface area contributed by atoms with Crippen LogP contribution in [0.15, 0.2) is 24.3 Å². The lowest BCUT2D eigenvalue weighted by Gasteiger charge is -2.36. The fourth-order valence-corrected chi connectivity index (χ4v) is 2.98. The van der Waals surface area contributed by atoms with E-state index in [2.05, 4.69) is 13.8 Å². The molecule has 1 nitrogen and oxygen atoms in total. The van der Waals surface area contributed by atoms with Crippen LogP contribution in [0.2, 0.25) is 0 Å². The Kier molecular flexibility index (Phi) is 3.53. The molecule has 1 saturated carbocycles. The molecule has 0 spiro atoms. The summed E-state index contributed by atoms with van der Waals surface area (Å²) >= 11 is 0. The Morgan fingerprint density at radius 1 is 1.18 bits per heavy atom. The van der Waals surface area contributed by atoms with E-state index in [9.17, 15) is 4.39 Å². The number of hydrogen-bond acceptors (Lipinski definition) is 1. The second kappa shape index (κ2) is 4.77. The zero-order chi connectivity index (χ0) is 12.5. The molecule has 2 N–H and O–H groups in total. The average Bonchev–Trinajstić information content (AvgIpc) is 2.82. The summed E-state index contributed by atoms with van der Waals surface area (Å²) in [6.45, 7) is 4.34. The minimum atomic E-state index is -0.181. The van der Waals surface area contributed by atoms with Crippen molar-refractivity contribution in [1.29, 1.82) is 0 Å². The van der Waals surface area contributed by atoms with Crippen molar-refractivity contribution in [3.05, 3.63) is 35.6 Å². The number of benzene rings is 1. The van der Waals surface area contributed by atoms with E-state index in [0.717, 1.165) is 5.56 Å². The zero-order valence-electron chi connectivity index (χ0n) is 10.7. The molecule has 0 aromatic heterocycles. The van der Waals surface area contributed by atoms with E-state index in [0.29, 0.717) is 5.92 Å². The monoisotopic (exact) mass is 235 g/mol. The SMILES string of the molecule is CC(C)(c1ccc(F)cc1)C(N)C1CCCC1. The Balaban J connectivity index is 2.19. The van der Waals surface area contributed by atoms with Gasteiger partial charge in [-0.05, 0) is 36.5 Å². The highest BCUT2D eigenvalue weighted by atomic mass is 19.1. The Morgan fingerprint density at radius 2 is 1.71 bits per heavy atom. The molecule has 1 aliphatic carbocycles. The number of nitrogens with two attached hydrogens (primary N) is 1. The molecular weight excluding hydrogens is 213 g/mol. The van der Waals surface area contributed by atoms with E-state index in [-0.39, 0.29) is 17.3 Å². The summed E-state index contributed by atoms with van der Waals surface area (Å²) in [5, 5.41) is 0. The van der Waals surface area contributed by atoms with Gasteiger partial charge in [0.25, 0.3) is 0 Å². The third-order valence-corrected chi connectivity index (χ3v) is 4.33. The van der Waals surface area contributed by atoms with Gasteiger partial charge in [-0.2, -0.15) is 0 Å². The van der Waals surface area contributed by atoms with Crippen LogP contribution in [0.1, 0.15) is 45.1 Å². The summed E-state index contributed by atoms with van der Waals surface area (Å²) in [4.78, 5) is 0. The predicted octanol–water partition coefficient (Wildman–Crippen LogP) is 3.62. The minimum absolute atomic E-state index is 0.0806. The first-order chi connectivity index (χ1) is 8.01. The molecule has 0 amide bonds. The average molecular weight is 235 g/mol. The van der Waals surface area contributed by atoms with Gasteiger partial charge in [-0.3, -0.25) is 0 Å². The van der Waals surface area contributed by atoms with Crippen LogP contribution in [0, 0.1) is 11.7 Å². The maximum Gasteiger partial charge on any atom is 0.123 e.